The topological polar surface area (TPSA) is 85.1 Å². The molecule has 2 aliphatic heterocycles. The predicted molar refractivity (Wildman–Crippen MR) is 108 cm³/mol. The molecule has 3 aromatic rings. The summed E-state index contributed by atoms with van der Waals surface area (Å²) in [5.41, 5.74) is 6.55. The first-order valence-corrected chi connectivity index (χ1v) is 9.87. The van der Waals surface area contributed by atoms with Crippen molar-refractivity contribution in [2.45, 2.75) is 18.9 Å². The van der Waals surface area contributed by atoms with Crippen LogP contribution in [-0.4, -0.2) is 37.5 Å². The number of hydrogen-bond acceptors (Lipinski definition) is 7. The quantitative estimate of drug-likeness (QED) is 0.647. The molecule has 1 fully saturated rings. The van der Waals surface area contributed by atoms with Crippen LogP contribution in [-0.2, 0) is 4.74 Å². The van der Waals surface area contributed by atoms with E-state index >= 15 is 0 Å². The van der Waals surface area contributed by atoms with E-state index in [0.29, 0.717) is 59.4 Å². The number of aromatic nitrogens is 1. The number of nitrogen functional groups attached to an aromatic ring is 1. The van der Waals surface area contributed by atoms with Crippen molar-refractivity contribution < 1.29 is 28.1 Å². The maximum atomic E-state index is 14.3. The van der Waals surface area contributed by atoms with Crippen LogP contribution in [0.2, 0.25) is 0 Å². The third kappa shape index (κ3) is 3.54. The Balaban J connectivity index is 1.58. The molecule has 0 bridgehead atoms. The zero-order valence-corrected chi connectivity index (χ0v) is 16.2. The van der Waals surface area contributed by atoms with E-state index in [1.54, 1.807) is 24.4 Å². The first-order valence-electron chi connectivity index (χ1n) is 9.87. The lowest BCUT2D eigenvalue weighted by Gasteiger charge is -2.27. The Kier molecular flexibility index (Phi) is 4.92. The largest absolute Gasteiger partial charge is 0.485 e. The molecule has 5 rings (SSSR count). The van der Waals surface area contributed by atoms with Crippen molar-refractivity contribution in [3.63, 3.8) is 0 Å². The molecule has 0 spiro atoms. The highest BCUT2D eigenvalue weighted by molar-refractivity contribution is 5.95. The lowest BCUT2D eigenvalue weighted by Crippen LogP contribution is -2.28. The molecule has 2 N–H and O–H groups in total. The van der Waals surface area contributed by atoms with Crippen LogP contribution in [0.25, 0.3) is 10.9 Å². The van der Waals surface area contributed by atoms with Crippen molar-refractivity contribution in [2.24, 2.45) is 0 Å². The molecule has 1 atom stereocenters. The van der Waals surface area contributed by atoms with Crippen LogP contribution in [0.1, 0.15) is 12.8 Å². The summed E-state index contributed by atoms with van der Waals surface area (Å²) in [4.78, 5) is 4.44. The first kappa shape index (κ1) is 18.7. The van der Waals surface area contributed by atoms with E-state index in [1.807, 2.05) is 0 Å². The number of nitrogens with zero attached hydrogens (tertiary/aromatic N) is 1. The lowest BCUT2D eigenvalue weighted by molar-refractivity contribution is 0.00545. The fourth-order valence-corrected chi connectivity index (χ4v) is 3.65. The Labute approximate surface area is 172 Å². The number of rotatable bonds is 4. The monoisotopic (exact) mass is 412 g/mol. The van der Waals surface area contributed by atoms with Crippen LogP contribution >= 0.6 is 0 Å². The number of pyridine rings is 1. The summed E-state index contributed by atoms with van der Waals surface area (Å²) in [6.07, 6.45) is 3.38. The zero-order chi connectivity index (χ0) is 20.5. The number of hydrogen-bond donors (Lipinski definition) is 1. The van der Waals surface area contributed by atoms with Crippen LogP contribution < -0.4 is 24.7 Å². The molecule has 0 amide bonds. The Morgan fingerprint density at radius 2 is 1.87 bits per heavy atom. The molecule has 1 saturated heterocycles. The smallest absolute Gasteiger partial charge is 0.204 e. The number of benzene rings is 2. The van der Waals surface area contributed by atoms with Gasteiger partial charge in [0.15, 0.2) is 23.1 Å². The normalized spacial score (nSPS) is 18.2. The van der Waals surface area contributed by atoms with E-state index in [4.69, 9.17) is 29.4 Å². The molecule has 0 saturated carbocycles. The van der Waals surface area contributed by atoms with Gasteiger partial charge in [0.1, 0.15) is 25.1 Å². The Bertz CT molecular complexity index is 1080. The van der Waals surface area contributed by atoms with Crippen molar-refractivity contribution in [3.8, 4) is 28.7 Å². The van der Waals surface area contributed by atoms with E-state index < -0.39 is 5.82 Å². The molecule has 2 aromatic carbocycles. The minimum Gasteiger partial charge on any atom is -0.485 e. The van der Waals surface area contributed by atoms with Crippen LogP contribution in [0, 0.1) is 5.82 Å². The van der Waals surface area contributed by atoms with E-state index in [2.05, 4.69) is 4.98 Å². The Morgan fingerprint density at radius 1 is 1.00 bits per heavy atom. The van der Waals surface area contributed by atoms with E-state index in [1.165, 1.54) is 12.1 Å². The average molecular weight is 412 g/mol. The van der Waals surface area contributed by atoms with Gasteiger partial charge in [-0.25, -0.2) is 4.39 Å². The maximum Gasteiger partial charge on any atom is 0.204 e. The van der Waals surface area contributed by atoms with Crippen LogP contribution in [0.4, 0.5) is 10.1 Å². The molecule has 156 valence electrons. The third-order valence-electron chi connectivity index (χ3n) is 5.03. The van der Waals surface area contributed by atoms with Gasteiger partial charge >= 0.3 is 0 Å². The van der Waals surface area contributed by atoms with Crippen molar-refractivity contribution >= 4 is 16.6 Å². The molecule has 0 aliphatic carbocycles. The summed E-state index contributed by atoms with van der Waals surface area (Å²) in [6.45, 7) is 2.06. The first-order chi connectivity index (χ1) is 14.7. The van der Waals surface area contributed by atoms with Gasteiger partial charge in [-0.3, -0.25) is 4.98 Å². The van der Waals surface area contributed by atoms with E-state index in [0.717, 1.165) is 19.4 Å². The van der Waals surface area contributed by atoms with Gasteiger partial charge in [-0.15, -0.1) is 0 Å². The average Bonchev–Trinajstić information content (AvgIpc) is 2.76. The highest BCUT2D eigenvalue weighted by atomic mass is 19.1. The SMILES string of the molecule is Nc1ccc(Oc2ccnc3cc(OC4CCCOC4)c4c(c23)OCCO4)c(F)c1. The predicted octanol–water partition coefficient (Wildman–Crippen LogP) is 4.08. The molecular weight excluding hydrogens is 391 g/mol. The molecule has 8 heteroatoms. The molecule has 1 unspecified atom stereocenters. The summed E-state index contributed by atoms with van der Waals surface area (Å²) in [6, 6.07) is 7.73. The van der Waals surface area contributed by atoms with E-state index in [-0.39, 0.29) is 11.9 Å². The van der Waals surface area contributed by atoms with Crippen LogP contribution in [0.3, 0.4) is 0 Å². The van der Waals surface area contributed by atoms with Crippen molar-refractivity contribution in [1.82, 2.24) is 4.98 Å². The Morgan fingerprint density at radius 3 is 2.67 bits per heavy atom. The third-order valence-corrected chi connectivity index (χ3v) is 5.03. The number of halogens is 1. The second kappa shape index (κ2) is 7.87. The molecule has 2 aliphatic rings. The highest BCUT2D eigenvalue weighted by Crippen LogP contribution is 2.49. The summed E-state index contributed by atoms with van der Waals surface area (Å²) in [5, 5.41) is 0.593. The maximum absolute atomic E-state index is 14.3. The molecule has 30 heavy (non-hydrogen) atoms. The minimum absolute atomic E-state index is 0.0573. The number of fused-ring (bicyclic) bond motifs is 3. The minimum atomic E-state index is -0.553. The van der Waals surface area contributed by atoms with Crippen molar-refractivity contribution in [3.05, 3.63) is 42.3 Å². The van der Waals surface area contributed by atoms with Gasteiger partial charge < -0.3 is 29.4 Å². The summed E-state index contributed by atoms with van der Waals surface area (Å²) < 4.78 is 43.6. The van der Waals surface area contributed by atoms with Gasteiger partial charge in [-0.2, -0.15) is 0 Å². The van der Waals surface area contributed by atoms with Gasteiger partial charge in [0.05, 0.1) is 17.5 Å². The molecule has 1 aromatic heterocycles. The van der Waals surface area contributed by atoms with Crippen molar-refractivity contribution in [1.29, 1.82) is 0 Å². The molecule has 0 radical (unpaired) electrons. The van der Waals surface area contributed by atoms with Gasteiger partial charge in [0.25, 0.3) is 0 Å². The van der Waals surface area contributed by atoms with Crippen molar-refractivity contribution in [2.75, 3.05) is 32.2 Å². The number of anilines is 1. The van der Waals surface area contributed by atoms with Gasteiger partial charge in [-0.1, -0.05) is 0 Å². The summed E-state index contributed by atoms with van der Waals surface area (Å²) >= 11 is 0. The van der Waals surface area contributed by atoms with Gasteiger partial charge in [0, 0.05) is 30.6 Å². The van der Waals surface area contributed by atoms with Crippen LogP contribution in [0.15, 0.2) is 36.5 Å². The zero-order valence-electron chi connectivity index (χ0n) is 16.2. The lowest BCUT2D eigenvalue weighted by atomic mass is 10.1. The summed E-state index contributed by atoms with van der Waals surface area (Å²) in [7, 11) is 0. The molecule has 7 nitrogen and oxygen atoms in total. The van der Waals surface area contributed by atoms with Gasteiger partial charge in [-0.05, 0) is 31.0 Å². The number of ether oxygens (including phenoxy) is 5. The van der Waals surface area contributed by atoms with E-state index in [9.17, 15) is 4.39 Å². The molecule has 3 heterocycles. The fraction of sp³-hybridized carbons (Fsp3) is 0.318. The second-order valence-electron chi connectivity index (χ2n) is 7.18. The fourth-order valence-electron chi connectivity index (χ4n) is 3.65. The second-order valence-corrected chi connectivity index (χ2v) is 7.18. The van der Waals surface area contributed by atoms with Crippen LogP contribution in [0.5, 0.6) is 28.7 Å². The van der Waals surface area contributed by atoms with Gasteiger partial charge in [0.2, 0.25) is 5.75 Å². The standard InChI is InChI=1S/C22H21FN2O5/c23-15-10-13(24)3-4-17(15)30-18-5-6-25-16-11-19(29-14-2-1-7-26-12-14)21-22(20(16)18)28-9-8-27-21/h3-6,10-11,14H,1-2,7-9,12,24H2. The highest BCUT2D eigenvalue weighted by Gasteiger charge is 2.27. The molecular formula is C22H21FN2O5. The summed E-state index contributed by atoms with van der Waals surface area (Å²) in [5.74, 6) is 1.43. The Hall–Kier alpha value is -3.26. The number of nitrogens with two attached hydrogens (primary N) is 1.